The molecule has 1 aromatic heterocycles. The average molecular weight is 419 g/mol. The number of nitrogens with zero attached hydrogens (tertiary/aromatic N) is 4. The topological polar surface area (TPSA) is 13.0 Å². The summed E-state index contributed by atoms with van der Waals surface area (Å²) in [6.45, 7) is 8.80. The molecule has 5 heteroatoms. The van der Waals surface area contributed by atoms with Crippen LogP contribution in [0.1, 0.15) is 11.0 Å². The maximum absolute atomic E-state index is 2.70. The summed E-state index contributed by atoms with van der Waals surface area (Å²) in [4.78, 5) is 11.9. The number of hydrogen-bond acceptors (Lipinski definition) is 5. The number of anilines is 2. The van der Waals surface area contributed by atoms with Crippen LogP contribution in [-0.4, -0.2) is 62.2 Å². The number of para-hydroxylation sites is 2. The highest BCUT2D eigenvalue weighted by Gasteiger charge is 2.32. The number of piperazine rings is 2. The van der Waals surface area contributed by atoms with Gasteiger partial charge in [0.15, 0.2) is 0 Å². The summed E-state index contributed by atoms with van der Waals surface area (Å²) in [6.07, 6.45) is 0.404. The molecule has 0 amide bonds. The highest BCUT2D eigenvalue weighted by molar-refractivity contribution is 7.10. The number of thiophene rings is 1. The minimum atomic E-state index is 0.404. The van der Waals surface area contributed by atoms with E-state index < -0.39 is 0 Å². The lowest BCUT2D eigenvalue weighted by Crippen LogP contribution is -2.55. The molecule has 156 valence electrons. The first-order valence-electron chi connectivity index (χ1n) is 11.0. The van der Waals surface area contributed by atoms with Crippen LogP contribution >= 0.6 is 11.3 Å². The number of hydrogen-bond donors (Lipinski definition) is 0. The number of rotatable bonds is 5. The molecular weight excluding hydrogens is 388 g/mol. The Morgan fingerprint density at radius 2 is 1.00 bits per heavy atom. The molecule has 2 fully saturated rings. The van der Waals surface area contributed by atoms with Gasteiger partial charge in [0.25, 0.3) is 0 Å². The van der Waals surface area contributed by atoms with Crippen LogP contribution in [0.15, 0.2) is 78.2 Å². The molecule has 2 aromatic carbocycles. The van der Waals surface area contributed by atoms with Crippen LogP contribution in [0.25, 0.3) is 0 Å². The minimum Gasteiger partial charge on any atom is -0.369 e. The molecule has 0 saturated carbocycles. The van der Waals surface area contributed by atoms with Crippen LogP contribution in [0, 0.1) is 0 Å². The first-order chi connectivity index (χ1) is 14.9. The summed E-state index contributed by atoms with van der Waals surface area (Å²) in [5, 5.41) is 2.22. The second kappa shape index (κ2) is 9.21. The van der Waals surface area contributed by atoms with Gasteiger partial charge in [0, 0.05) is 68.6 Å². The molecule has 5 rings (SSSR count). The third-order valence-corrected chi connectivity index (χ3v) is 7.27. The van der Waals surface area contributed by atoms with Crippen molar-refractivity contribution in [3.8, 4) is 0 Å². The molecule has 2 aliphatic heterocycles. The first kappa shape index (κ1) is 19.6. The standard InChI is InChI=1S/C25H30N4S/c1-3-8-22(9-4-1)26-13-17-28(18-14-26)25(24-12-7-21-30-24)29-19-15-27(16-20-29)23-10-5-2-6-11-23/h1-12,21,25H,13-20H2. The van der Waals surface area contributed by atoms with E-state index in [1.54, 1.807) is 0 Å². The predicted molar refractivity (Wildman–Crippen MR) is 128 cm³/mol. The van der Waals surface area contributed by atoms with Gasteiger partial charge >= 0.3 is 0 Å². The third kappa shape index (κ3) is 4.24. The van der Waals surface area contributed by atoms with Gasteiger partial charge in [-0.05, 0) is 35.7 Å². The average Bonchev–Trinajstić information content (AvgIpc) is 3.36. The van der Waals surface area contributed by atoms with Gasteiger partial charge in [-0.3, -0.25) is 9.80 Å². The van der Waals surface area contributed by atoms with Crippen LogP contribution in [-0.2, 0) is 0 Å². The summed E-state index contributed by atoms with van der Waals surface area (Å²) in [5.74, 6) is 0. The Morgan fingerprint density at radius 1 is 0.533 bits per heavy atom. The summed E-state index contributed by atoms with van der Waals surface area (Å²) in [6, 6.07) is 26.2. The van der Waals surface area contributed by atoms with E-state index in [0.717, 1.165) is 52.4 Å². The molecule has 3 heterocycles. The van der Waals surface area contributed by atoms with Crippen molar-refractivity contribution in [2.45, 2.75) is 6.17 Å². The van der Waals surface area contributed by atoms with Crippen LogP contribution in [0.2, 0.25) is 0 Å². The maximum Gasteiger partial charge on any atom is 0.0983 e. The first-order valence-corrected chi connectivity index (χ1v) is 11.9. The molecule has 30 heavy (non-hydrogen) atoms. The highest BCUT2D eigenvalue weighted by atomic mass is 32.1. The van der Waals surface area contributed by atoms with Crippen molar-refractivity contribution in [1.82, 2.24) is 9.80 Å². The fourth-order valence-corrected chi connectivity index (χ4v) is 5.65. The van der Waals surface area contributed by atoms with Crippen LogP contribution in [0.4, 0.5) is 11.4 Å². The lowest BCUT2D eigenvalue weighted by Gasteiger charge is -2.47. The molecule has 2 aliphatic rings. The normalized spacial score (nSPS) is 18.8. The molecular formula is C25H30N4S. The lowest BCUT2D eigenvalue weighted by atomic mass is 10.2. The van der Waals surface area contributed by atoms with Gasteiger partial charge in [-0.2, -0.15) is 0 Å². The Morgan fingerprint density at radius 3 is 1.40 bits per heavy atom. The number of benzene rings is 2. The van der Waals surface area contributed by atoms with Gasteiger partial charge in [-0.25, -0.2) is 0 Å². The van der Waals surface area contributed by atoms with Gasteiger partial charge in [-0.15, -0.1) is 11.3 Å². The third-order valence-electron chi connectivity index (χ3n) is 6.36. The van der Waals surface area contributed by atoms with Crippen molar-refractivity contribution in [2.24, 2.45) is 0 Å². The van der Waals surface area contributed by atoms with Crippen molar-refractivity contribution in [3.63, 3.8) is 0 Å². The zero-order valence-electron chi connectivity index (χ0n) is 17.4. The van der Waals surface area contributed by atoms with Crippen molar-refractivity contribution in [1.29, 1.82) is 0 Å². The quantitative estimate of drug-likeness (QED) is 0.609. The smallest absolute Gasteiger partial charge is 0.0983 e. The van der Waals surface area contributed by atoms with Crippen LogP contribution < -0.4 is 9.80 Å². The fraction of sp³-hybridized carbons (Fsp3) is 0.360. The van der Waals surface area contributed by atoms with E-state index >= 15 is 0 Å². The lowest BCUT2D eigenvalue weighted by molar-refractivity contribution is 0.0348. The van der Waals surface area contributed by atoms with Crippen molar-refractivity contribution < 1.29 is 0 Å². The van der Waals surface area contributed by atoms with E-state index in [1.165, 1.54) is 16.3 Å². The molecule has 3 aromatic rings. The van der Waals surface area contributed by atoms with E-state index in [9.17, 15) is 0 Å². The Balaban J connectivity index is 1.26. The summed E-state index contributed by atoms with van der Waals surface area (Å²) in [5.41, 5.74) is 2.70. The largest absolute Gasteiger partial charge is 0.369 e. The summed E-state index contributed by atoms with van der Waals surface area (Å²) < 4.78 is 0. The van der Waals surface area contributed by atoms with E-state index in [0.29, 0.717) is 6.17 Å². The van der Waals surface area contributed by atoms with Gasteiger partial charge in [0.2, 0.25) is 0 Å². The Kier molecular flexibility index (Phi) is 6.02. The SMILES string of the molecule is c1ccc(N2CCN(C(c3cccs3)N3CCN(c4ccccc4)CC3)CC2)cc1. The predicted octanol–water partition coefficient (Wildman–Crippen LogP) is 4.39. The van der Waals surface area contributed by atoms with Crippen molar-refractivity contribution >= 4 is 22.7 Å². The zero-order valence-corrected chi connectivity index (χ0v) is 18.3. The zero-order chi connectivity index (χ0) is 20.2. The van der Waals surface area contributed by atoms with E-state index in [2.05, 4.69) is 97.8 Å². The van der Waals surface area contributed by atoms with E-state index in [1.807, 2.05) is 11.3 Å². The van der Waals surface area contributed by atoms with Crippen LogP contribution in [0.3, 0.4) is 0 Å². The highest BCUT2D eigenvalue weighted by Crippen LogP contribution is 2.32. The molecule has 0 N–H and O–H groups in total. The summed E-state index contributed by atoms with van der Waals surface area (Å²) >= 11 is 1.90. The molecule has 2 saturated heterocycles. The second-order valence-electron chi connectivity index (χ2n) is 8.11. The minimum absolute atomic E-state index is 0.404. The van der Waals surface area contributed by atoms with Gasteiger partial charge in [0.1, 0.15) is 0 Å². The van der Waals surface area contributed by atoms with E-state index in [4.69, 9.17) is 0 Å². The van der Waals surface area contributed by atoms with Gasteiger partial charge in [0.05, 0.1) is 6.17 Å². The molecule has 0 spiro atoms. The van der Waals surface area contributed by atoms with E-state index in [-0.39, 0.29) is 0 Å². The Labute approximate surface area is 183 Å². The van der Waals surface area contributed by atoms with Crippen LogP contribution in [0.5, 0.6) is 0 Å². The molecule has 0 radical (unpaired) electrons. The summed E-state index contributed by atoms with van der Waals surface area (Å²) in [7, 11) is 0. The fourth-order valence-electron chi connectivity index (χ4n) is 4.76. The van der Waals surface area contributed by atoms with Crippen molar-refractivity contribution in [2.75, 3.05) is 62.2 Å². The molecule has 0 aliphatic carbocycles. The van der Waals surface area contributed by atoms with Gasteiger partial charge in [-0.1, -0.05) is 42.5 Å². The molecule has 4 nitrogen and oxygen atoms in total. The Bertz CT molecular complexity index is 824. The molecule has 0 bridgehead atoms. The van der Waals surface area contributed by atoms with Gasteiger partial charge < -0.3 is 9.80 Å². The molecule has 0 atom stereocenters. The second-order valence-corrected chi connectivity index (χ2v) is 9.09. The Hall–Kier alpha value is -2.34. The van der Waals surface area contributed by atoms with Crippen molar-refractivity contribution in [3.05, 3.63) is 83.1 Å². The monoisotopic (exact) mass is 418 g/mol. The maximum atomic E-state index is 2.70. The molecule has 0 unspecified atom stereocenters.